The summed E-state index contributed by atoms with van der Waals surface area (Å²) >= 11 is 6.24. The lowest BCUT2D eigenvalue weighted by Crippen LogP contribution is -2.59. The van der Waals surface area contributed by atoms with Crippen molar-refractivity contribution in [2.75, 3.05) is 18.0 Å². The van der Waals surface area contributed by atoms with Gasteiger partial charge in [0.1, 0.15) is 23.0 Å². The van der Waals surface area contributed by atoms with Crippen molar-refractivity contribution in [1.29, 1.82) is 5.26 Å². The summed E-state index contributed by atoms with van der Waals surface area (Å²) in [5.41, 5.74) is 2.29. The van der Waals surface area contributed by atoms with Gasteiger partial charge in [-0.2, -0.15) is 10.4 Å². The Morgan fingerprint density at radius 1 is 1.21 bits per heavy atom. The average Bonchev–Trinajstić information content (AvgIpc) is 3.43. The van der Waals surface area contributed by atoms with Crippen molar-refractivity contribution in [1.82, 2.24) is 28.8 Å². The first-order chi connectivity index (χ1) is 16.3. The summed E-state index contributed by atoms with van der Waals surface area (Å²) in [4.78, 5) is 22.3. The van der Waals surface area contributed by atoms with E-state index >= 15 is 0 Å². The van der Waals surface area contributed by atoms with Crippen LogP contribution in [-0.2, 0) is 20.1 Å². The van der Waals surface area contributed by atoms with E-state index in [9.17, 15) is 4.79 Å². The van der Waals surface area contributed by atoms with Crippen molar-refractivity contribution in [3.8, 4) is 6.07 Å². The molecule has 1 fully saturated rings. The smallest absolute Gasteiger partial charge is 0.252 e. The molecule has 1 aliphatic heterocycles. The lowest BCUT2D eigenvalue weighted by atomic mass is 9.99. The molecule has 0 aromatic carbocycles. The second-order valence-electron chi connectivity index (χ2n) is 9.00. The zero-order valence-electron chi connectivity index (χ0n) is 20.6. The van der Waals surface area contributed by atoms with Crippen LogP contribution in [0.2, 0.25) is 5.15 Å². The maximum Gasteiger partial charge on any atom is 0.252 e. The molecule has 3 atom stereocenters. The van der Waals surface area contributed by atoms with E-state index < -0.39 is 0 Å². The van der Waals surface area contributed by atoms with Crippen molar-refractivity contribution in [2.45, 2.75) is 71.8 Å². The van der Waals surface area contributed by atoms with Gasteiger partial charge in [0, 0.05) is 51.0 Å². The monoisotopic (exact) mass is 484 g/mol. The van der Waals surface area contributed by atoms with Gasteiger partial charge in [-0.3, -0.25) is 14.4 Å². The summed E-state index contributed by atoms with van der Waals surface area (Å²) in [6.07, 6.45) is 5.58. The molecule has 3 aromatic rings. The molecule has 0 bridgehead atoms. The van der Waals surface area contributed by atoms with E-state index in [1.807, 2.05) is 6.20 Å². The molecule has 1 aliphatic rings. The minimum absolute atomic E-state index is 0.0719. The number of aryl methyl sites for hydroxylation is 2. The van der Waals surface area contributed by atoms with Crippen molar-refractivity contribution >= 4 is 28.3 Å². The van der Waals surface area contributed by atoms with Crippen molar-refractivity contribution in [3.05, 3.63) is 39.8 Å². The molecule has 9 nitrogen and oxygen atoms in total. The number of fused-ring (bicyclic) bond motifs is 1. The summed E-state index contributed by atoms with van der Waals surface area (Å²) in [5.74, 6) is 0.987. The number of piperazine rings is 1. The second kappa shape index (κ2) is 9.80. The number of hydrogen-bond donors (Lipinski definition) is 0. The summed E-state index contributed by atoms with van der Waals surface area (Å²) in [6.45, 7) is 11.3. The molecule has 0 radical (unpaired) electrons. The van der Waals surface area contributed by atoms with Crippen LogP contribution in [-0.4, -0.2) is 54.0 Å². The van der Waals surface area contributed by atoms with E-state index in [1.165, 1.54) is 0 Å². The van der Waals surface area contributed by atoms with Gasteiger partial charge in [0.2, 0.25) is 0 Å². The third kappa shape index (κ3) is 4.21. The van der Waals surface area contributed by atoms with Crippen LogP contribution in [0.1, 0.15) is 52.4 Å². The van der Waals surface area contributed by atoms with Crippen LogP contribution in [0.4, 0.5) is 5.69 Å². The van der Waals surface area contributed by atoms with Gasteiger partial charge in [-0.15, -0.1) is 0 Å². The lowest BCUT2D eigenvalue weighted by Gasteiger charge is -2.49. The Morgan fingerprint density at radius 2 is 1.94 bits per heavy atom. The van der Waals surface area contributed by atoms with Gasteiger partial charge in [0.05, 0.1) is 29.5 Å². The van der Waals surface area contributed by atoms with Crippen LogP contribution in [0.15, 0.2) is 23.3 Å². The molecule has 10 heteroatoms. The molecule has 1 saturated heterocycles. The number of pyridine rings is 1. The summed E-state index contributed by atoms with van der Waals surface area (Å²) in [6, 6.07) is 4.44. The molecule has 0 amide bonds. The van der Waals surface area contributed by atoms with E-state index in [1.54, 1.807) is 28.6 Å². The van der Waals surface area contributed by atoms with Gasteiger partial charge < -0.3 is 14.0 Å². The zero-order valence-corrected chi connectivity index (χ0v) is 21.3. The number of hydrogen-bond acceptors (Lipinski definition) is 6. The second-order valence-corrected chi connectivity index (χ2v) is 9.39. The first kappa shape index (κ1) is 24.3. The van der Waals surface area contributed by atoms with Crippen LogP contribution in [0.25, 0.3) is 11.0 Å². The molecule has 0 saturated carbocycles. The molecule has 182 valence electrons. The number of anilines is 1. The van der Waals surface area contributed by atoms with Gasteiger partial charge in [0.25, 0.3) is 5.56 Å². The quantitative estimate of drug-likeness (QED) is 0.509. The first-order valence-corrected chi connectivity index (χ1v) is 12.4. The highest BCUT2D eigenvalue weighted by Crippen LogP contribution is 2.34. The number of halogens is 1. The Balaban J connectivity index is 1.73. The summed E-state index contributed by atoms with van der Waals surface area (Å²) in [7, 11) is 1.75. The Morgan fingerprint density at radius 3 is 2.59 bits per heavy atom. The fourth-order valence-corrected chi connectivity index (χ4v) is 5.40. The van der Waals surface area contributed by atoms with Gasteiger partial charge in [-0.1, -0.05) is 25.4 Å². The minimum Gasteiger partial charge on any atom is -0.364 e. The molecule has 34 heavy (non-hydrogen) atoms. The molecule has 4 rings (SSSR count). The Labute approximate surface area is 205 Å². The van der Waals surface area contributed by atoms with Crippen LogP contribution >= 0.6 is 11.6 Å². The minimum atomic E-state index is -0.0719. The van der Waals surface area contributed by atoms with E-state index in [0.717, 1.165) is 55.0 Å². The predicted octanol–water partition coefficient (Wildman–Crippen LogP) is 3.57. The van der Waals surface area contributed by atoms with Gasteiger partial charge >= 0.3 is 0 Å². The third-order valence-electron chi connectivity index (χ3n) is 7.15. The molecule has 1 unspecified atom stereocenters. The number of nitriles is 1. The molecule has 0 spiro atoms. The molecule has 4 heterocycles. The van der Waals surface area contributed by atoms with E-state index in [0.29, 0.717) is 5.15 Å². The fraction of sp³-hybridized carbons (Fsp3) is 0.583. The van der Waals surface area contributed by atoms with E-state index in [-0.39, 0.29) is 30.2 Å². The Kier molecular flexibility index (Phi) is 7.01. The van der Waals surface area contributed by atoms with Crippen LogP contribution in [0, 0.1) is 11.3 Å². The molecular weight excluding hydrogens is 452 g/mol. The topological polar surface area (TPSA) is 87.9 Å². The summed E-state index contributed by atoms with van der Waals surface area (Å²) < 4.78 is 5.34. The number of imidazole rings is 1. The van der Waals surface area contributed by atoms with Crippen LogP contribution in [0.5, 0.6) is 0 Å². The molecule has 0 aliphatic carbocycles. The SMILES string of the molecule is CC[C@H]1CN(C(C)c2nc(Cl)cn2CC)[C@H](CC)CN1c1cc(=O)n(C)c2cn(CC#N)nc12. The molecule has 0 N–H and O–H groups in total. The van der Waals surface area contributed by atoms with Gasteiger partial charge in [0.15, 0.2) is 0 Å². The van der Waals surface area contributed by atoms with Crippen LogP contribution in [0.3, 0.4) is 0 Å². The highest BCUT2D eigenvalue weighted by atomic mass is 35.5. The molecule has 3 aromatic heterocycles. The largest absolute Gasteiger partial charge is 0.364 e. The van der Waals surface area contributed by atoms with Crippen LogP contribution < -0.4 is 10.5 Å². The van der Waals surface area contributed by atoms with Gasteiger partial charge in [-0.25, -0.2) is 4.98 Å². The highest BCUT2D eigenvalue weighted by molar-refractivity contribution is 6.29. The van der Waals surface area contributed by atoms with Crippen molar-refractivity contribution in [3.63, 3.8) is 0 Å². The Bertz CT molecular complexity index is 1270. The third-order valence-corrected chi connectivity index (χ3v) is 7.33. The molecular formula is C24H33ClN8O. The lowest BCUT2D eigenvalue weighted by molar-refractivity contribution is 0.0951. The zero-order chi connectivity index (χ0) is 24.6. The summed E-state index contributed by atoms with van der Waals surface area (Å²) in [5, 5.41) is 14.3. The van der Waals surface area contributed by atoms with Gasteiger partial charge in [-0.05, 0) is 26.7 Å². The fourth-order valence-electron chi connectivity index (χ4n) is 5.20. The number of aromatic nitrogens is 5. The normalized spacial score (nSPS) is 20.1. The maximum absolute atomic E-state index is 12.8. The number of rotatable bonds is 7. The van der Waals surface area contributed by atoms with E-state index in [2.05, 4.69) is 58.2 Å². The highest BCUT2D eigenvalue weighted by Gasteiger charge is 2.37. The standard InChI is InChI=1S/C24H33ClN8O/c1-6-17-13-33(19-11-22(34)29(5)20-14-31(10-9-26)28-23(19)20)18(7-2)12-32(17)16(4)24-27-21(25)15-30(24)8-3/h11,14-18H,6-8,10,12-13H2,1-5H3/t16?,17-,18+/m1/s1. The predicted molar refractivity (Wildman–Crippen MR) is 134 cm³/mol. The maximum atomic E-state index is 12.8. The van der Waals surface area contributed by atoms with E-state index in [4.69, 9.17) is 16.9 Å². The number of nitrogens with zero attached hydrogens (tertiary/aromatic N) is 8. The first-order valence-electron chi connectivity index (χ1n) is 12.0. The average molecular weight is 485 g/mol. The van der Waals surface area contributed by atoms with Crippen molar-refractivity contribution < 1.29 is 0 Å². The Hall–Kier alpha value is -2.83. The van der Waals surface area contributed by atoms with Crippen molar-refractivity contribution in [2.24, 2.45) is 7.05 Å².